The Morgan fingerprint density at radius 3 is 2.30 bits per heavy atom. The van der Waals surface area contributed by atoms with Crippen LogP contribution in [0, 0.1) is 16.7 Å². The predicted molar refractivity (Wildman–Crippen MR) is 221 cm³/mol. The van der Waals surface area contributed by atoms with E-state index < -0.39 is 35.3 Å². The smallest absolute Gasteiger partial charge is 0.269 e. The number of anilines is 1. The number of allylic oxidation sites excluding steroid dienone is 2. The summed E-state index contributed by atoms with van der Waals surface area (Å²) in [6.07, 6.45) is 9.67. The zero-order valence-corrected chi connectivity index (χ0v) is 34.6. The van der Waals surface area contributed by atoms with E-state index in [2.05, 4.69) is 36.2 Å². The van der Waals surface area contributed by atoms with Gasteiger partial charge in [-0.05, 0) is 101 Å². The number of carbonyl (C=O) groups excluding carboxylic acids is 5. The number of hydrogen-bond donors (Lipinski definition) is 4. The zero-order valence-electron chi connectivity index (χ0n) is 33.8. The Bertz CT molecular complexity index is 2250. The Kier molecular flexibility index (Phi) is 10.9. The molecule has 9 rings (SSSR count). The molecule has 1 saturated carbocycles. The number of hydrogen-bond acceptors (Lipinski definition) is 12. The summed E-state index contributed by atoms with van der Waals surface area (Å²) in [6, 6.07) is 11.4. The molecule has 320 valence electrons. The highest BCUT2D eigenvalue weighted by Crippen LogP contribution is 2.44. The van der Waals surface area contributed by atoms with Gasteiger partial charge in [-0.1, -0.05) is 11.6 Å². The molecule has 6 heterocycles. The molecule has 7 aliphatic rings. The van der Waals surface area contributed by atoms with Crippen molar-refractivity contribution in [2.24, 2.45) is 5.41 Å². The third-order valence-corrected chi connectivity index (χ3v) is 13.9. The maximum absolute atomic E-state index is 16.3. The number of nitrogens with zero attached hydrogens (tertiary/aromatic N) is 5. The molecule has 2 aromatic carbocycles. The van der Waals surface area contributed by atoms with Gasteiger partial charge in [-0.3, -0.25) is 45.0 Å². The Balaban J connectivity index is 0.694. The first-order valence-electron chi connectivity index (χ1n) is 21.3. The minimum absolute atomic E-state index is 0.00927. The number of nitrogens with one attached hydrogen (secondary N) is 4. The summed E-state index contributed by atoms with van der Waals surface area (Å²) < 4.78 is 22.4. The molecular weight excluding hydrogens is 805 g/mol. The minimum atomic E-state index is -1.29. The zero-order chi connectivity index (χ0) is 42.5. The van der Waals surface area contributed by atoms with E-state index in [0.29, 0.717) is 54.5 Å². The molecule has 1 atom stereocenters. The number of ether oxygens (including phenoxy) is 1. The van der Waals surface area contributed by atoms with E-state index in [9.17, 15) is 24.0 Å². The Morgan fingerprint density at radius 2 is 1.62 bits per heavy atom. The molecule has 1 spiro atoms. The molecule has 15 nitrogen and oxygen atoms in total. The number of imide groups is 2. The van der Waals surface area contributed by atoms with Gasteiger partial charge < -0.3 is 24.8 Å². The number of nitriles is 1. The third-order valence-electron chi connectivity index (χ3n) is 13.6. The van der Waals surface area contributed by atoms with E-state index in [1.165, 1.54) is 0 Å². The van der Waals surface area contributed by atoms with Crippen LogP contribution in [-0.4, -0.2) is 114 Å². The van der Waals surface area contributed by atoms with Gasteiger partial charge in [-0.15, -0.1) is 0 Å². The van der Waals surface area contributed by atoms with Gasteiger partial charge in [0.2, 0.25) is 11.8 Å². The molecule has 4 N–H and O–H groups in total. The Labute approximate surface area is 358 Å². The molecular formula is C44H49ClFN9O6. The lowest BCUT2D eigenvalue weighted by molar-refractivity contribution is -0.136. The quantitative estimate of drug-likeness (QED) is 0.270. The number of likely N-dealkylation sites (tertiary alicyclic amines) is 2. The standard InChI is InChI=1S/C44H49ClFN9O6/c45-34-22-31(5-1-27(34)23-47)61-30-6-2-28(3-7-30)48-39(57)35-9-11-37(51-50-35)53-19-15-44(46,16-20-53)26-52-17-13-43(14-18-52)24-54(25-43)29-4-8-32-33(21-29)42(60)55(41(32)59)36-10-12-38(56)49-40(36)58/h1,4-5,8-9,11,21-22,28,30,36,50-51H,2-3,6-7,10,12-20,24-26H2,(H,48,57)(H,49,56,58). The van der Waals surface area contributed by atoms with Gasteiger partial charge in [0.1, 0.15) is 35.0 Å². The first kappa shape index (κ1) is 40.7. The van der Waals surface area contributed by atoms with E-state index >= 15 is 4.39 Å². The number of rotatable bonds is 9. The van der Waals surface area contributed by atoms with Gasteiger partial charge in [0.25, 0.3) is 17.7 Å². The topological polar surface area (TPSA) is 179 Å². The summed E-state index contributed by atoms with van der Waals surface area (Å²) in [6.45, 7) is 4.78. The normalized spacial score (nSPS) is 25.9. The molecule has 4 saturated heterocycles. The van der Waals surface area contributed by atoms with Crippen molar-refractivity contribution in [3.63, 3.8) is 0 Å². The molecule has 0 bridgehead atoms. The van der Waals surface area contributed by atoms with Crippen LogP contribution in [0.3, 0.4) is 0 Å². The second-order valence-corrected chi connectivity index (χ2v) is 18.1. The maximum atomic E-state index is 16.3. The number of hydrazine groups is 1. The largest absolute Gasteiger partial charge is 0.490 e. The monoisotopic (exact) mass is 853 g/mol. The lowest BCUT2D eigenvalue weighted by Gasteiger charge is -2.55. The van der Waals surface area contributed by atoms with Crippen LogP contribution in [0.25, 0.3) is 0 Å². The number of halogens is 2. The summed E-state index contributed by atoms with van der Waals surface area (Å²) in [5.41, 5.74) is 7.25. The molecule has 1 unspecified atom stereocenters. The molecule has 61 heavy (non-hydrogen) atoms. The van der Waals surface area contributed by atoms with Gasteiger partial charge >= 0.3 is 0 Å². The second kappa shape index (κ2) is 16.3. The highest BCUT2D eigenvalue weighted by Gasteiger charge is 2.48. The van der Waals surface area contributed by atoms with Crippen molar-refractivity contribution in [2.45, 2.75) is 88.1 Å². The summed E-state index contributed by atoms with van der Waals surface area (Å²) in [4.78, 5) is 71.2. The number of piperidine rings is 3. The van der Waals surface area contributed by atoms with Crippen molar-refractivity contribution in [3.05, 3.63) is 81.8 Å². The summed E-state index contributed by atoms with van der Waals surface area (Å²) in [5.74, 6) is -0.801. The Hall–Kier alpha value is -5.66. The molecule has 17 heteroatoms. The fraction of sp³-hybridized carbons (Fsp3) is 0.500. The van der Waals surface area contributed by atoms with Crippen LogP contribution < -0.4 is 31.1 Å². The second-order valence-electron chi connectivity index (χ2n) is 17.6. The lowest BCUT2D eigenvalue weighted by Crippen LogP contribution is -2.61. The van der Waals surface area contributed by atoms with Crippen LogP contribution in [-0.2, 0) is 14.4 Å². The van der Waals surface area contributed by atoms with Gasteiger partial charge in [0, 0.05) is 75.2 Å². The van der Waals surface area contributed by atoms with E-state index in [1.807, 2.05) is 18.2 Å². The van der Waals surface area contributed by atoms with Crippen LogP contribution in [0.5, 0.6) is 5.75 Å². The number of alkyl halides is 1. The van der Waals surface area contributed by atoms with Gasteiger partial charge in [0.05, 0.1) is 27.8 Å². The van der Waals surface area contributed by atoms with E-state index in [1.54, 1.807) is 36.4 Å². The third kappa shape index (κ3) is 8.25. The van der Waals surface area contributed by atoms with Crippen molar-refractivity contribution in [1.29, 1.82) is 5.26 Å². The first-order chi connectivity index (χ1) is 29.4. The molecule has 5 amide bonds. The van der Waals surface area contributed by atoms with Crippen LogP contribution >= 0.6 is 11.6 Å². The van der Waals surface area contributed by atoms with Crippen LogP contribution in [0.2, 0.25) is 5.02 Å². The molecule has 0 aromatic heterocycles. The maximum Gasteiger partial charge on any atom is 0.269 e. The highest BCUT2D eigenvalue weighted by atomic mass is 35.5. The molecule has 5 fully saturated rings. The van der Waals surface area contributed by atoms with Crippen molar-refractivity contribution in [3.8, 4) is 11.8 Å². The summed E-state index contributed by atoms with van der Waals surface area (Å²) in [7, 11) is 0. The lowest BCUT2D eigenvalue weighted by atomic mass is 9.71. The first-order valence-corrected chi connectivity index (χ1v) is 21.6. The van der Waals surface area contributed by atoms with E-state index in [4.69, 9.17) is 21.6 Å². The molecule has 1 aliphatic carbocycles. The van der Waals surface area contributed by atoms with Gasteiger partial charge in [0.15, 0.2) is 0 Å². The van der Waals surface area contributed by atoms with Gasteiger partial charge in [-0.25, -0.2) is 4.39 Å². The number of benzene rings is 2. The molecule has 0 radical (unpaired) electrons. The van der Waals surface area contributed by atoms with Crippen molar-refractivity contribution in [1.82, 2.24) is 36.2 Å². The molecule has 2 aromatic rings. The van der Waals surface area contributed by atoms with E-state index in [-0.39, 0.29) is 47.4 Å². The van der Waals surface area contributed by atoms with Gasteiger partial charge in [-0.2, -0.15) is 5.26 Å². The van der Waals surface area contributed by atoms with Crippen molar-refractivity contribution >= 4 is 46.8 Å². The van der Waals surface area contributed by atoms with Crippen molar-refractivity contribution < 1.29 is 33.1 Å². The predicted octanol–water partition coefficient (Wildman–Crippen LogP) is 3.66. The fourth-order valence-corrected chi connectivity index (χ4v) is 10.2. The SMILES string of the molecule is N#Cc1ccc(OC2CCC(NC(=O)C3=CC=C(N4CCC(F)(CN5CCC6(CC5)CN(c5ccc7c(c5)C(=O)N(C5CCC(=O)NC5=O)C7=O)C6)CC4)NN3)CC2)cc1Cl. The number of amides is 5. The number of carbonyl (C=O) groups is 5. The molecule has 6 aliphatic heterocycles. The minimum Gasteiger partial charge on any atom is -0.490 e. The fourth-order valence-electron chi connectivity index (χ4n) is 9.94. The van der Waals surface area contributed by atoms with Crippen LogP contribution in [0.1, 0.15) is 90.5 Å². The van der Waals surface area contributed by atoms with Crippen LogP contribution in [0.4, 0.5) is 10.1 Å². The van der Waals surface area contributed by atoms with Crippen molar-refractivity contribution in [2.75, 3.05) is 50.7 Å². The number of fused-ring (bicyclic) bond motifs is 1. The highest BCUT2D eigenvalue weighted by molar-refractivity contribution is 6.31. The van der Waals surface area contributed by atoms with E-state index in [0.717, 1.165) is 81.1 Å². The Morgan fingerprint density at radius 1 is 0.885 bits per heavy atom. The average molecular weight is 854 g/mol. The van der Waals surface area contributed by atoms with Crippen LogP contribution in [0.15, 0.2) is 60.1 Å². The summed E-state index contributed by atoms with van der Waals surface area (Å²) in [5, 5.41) is 14.8. The summed E-state index contributed by atoms with van der Waals surface area (Å²) >= 11 is 6.15. The average Bonchev–Trinajstić information content (AvgIpc) is 3.49.